The summed E-state index contributed by atoms with van der Waals surface area (Å²) < 4.78 is 0.557. The third-order valence-electron chi connectivity index (χ3n) is 3.24. The van der Waals surface area contributed by atoms with Crippen LogP contribution >= 0.6 is 0 Å². The van der Waals surface area contributed by atoms with E-state index in [1.807, 2.05) is 6.08 Å². The number of hydrogen-bond acceptors (Lipinski definition) is 0. The maximum Gasteiger partial charge on any atom is 0.0496 e. The van der Waals surface area contributed by atoms with Gasteiger partial charge in [-0.1, -0.05) is 57.1 Å². The third kappa shape index (κ3) is 2.01. The molecule has 0 atom stereocenters. The van der Waals surface area contributed by atoms with Crippen LogP contribution in [0, 0.1) is 0 Å². The largest absolute Gasteiger partial charge is 0.0985 e. The third-order valence-corrected chi connectivity index (χ3v) is 10.6. The zero-order valence-electron chi connectivity index (χ0n) is 9.72. The van der Waals surface area contributed by atoms with Gasteiger partial charge in [-0.15, -0.1) is 0 Å². The lowest BCUT2D eigenvalue weighted by Crippen LogP contribution is -2.37. The molecule has 1 aliphatic rings. The van der Waals surface area contributed by atoms with Crippen LogP contribution in [0.4, 0.5) is 0 Å². The van der Waals surface area contributed by atoms with Crippen LogP contribution in [0.25, 0.3) is 0 Å². The summed E-state index contributed by atoms with van der Waals surface area (Å²) in [6.07, 6.45) is 10.3. The van der Waals surface area contributed by atoms with Crippen molar-refractivity contribution in [3.8, 4) is 0 Å². The van der Waals surface area contributed by atoms with Crippen LogP contribution in [-0.2, 0) is 0 Å². The van der Waals surface area contributed by atoms with Gasteiger partial charge in [0.15, 0.2) is 0 Å². The van der Waals surface area contributed by atoms with Crippen molar-refractivity contribution in [1.82, 2.24) is 0 Å². The quantitative estimate of drug-likeness (QED) is 0.634. The van der Waals surface area contributed by atoms with Crippen LogP contribution in [0.3, 0.4) is 0 Å². The summed E-state index contributed by atoms with van der Waals surface area (Å²) in [5, 5.41) is 0. The first kappa shape index (κ1) is 11.7. The van der Waals surface area contributed by atoms with E-state index in [4.69, 9.17) is 0 Å². The van der Waals surface area contributed by atoms with Crippen LogP contribution in [0.5, 0.6) is 0 Å². The molecule has 0 N–H and O–H groups in total. The van der Waals surface area contributed by atoms with Crippen LogP contribution in [-0.4, -0.2) is 17.6 Å². The fourth-order valence-electron chi connectivity index (χ4n) is 2.05. The highest BCUT2D eigenvalue weighted by Crippen LogP contribution is 2.42. The van der Waals surface area contributed by atoms with E-state index in [0.29, 0.717) is 4.66 Å². The molecule has 0 aliphatic heterocycles. The summed E-state index contributed by atoms with van der Waals surface area (Å²) in [5.74, 6) is 0. The normalized spacial score (nSPS) is 20.0. The smallest absolute Gasteiger partial charge is 0.0496 e. The molecule has 0 heterocycles. The Hall–Kier alpha value is -0.346. The molecule has 0 aromatic rings. The fourth-order valence-corrected chi connectivity index (χ4v) is 7.90. The lowest BCUT2D eigenvalue weighted by molar-refractivity contribution is 0.882. The van der Waals surface area contributed by atoms with Gasteiger partial charge in [-0.05, 0) is 16.7 Å². The van der Waals surface area contributed by atoms with Crippen molar-refractivity contribution in [2.24, 2.45) is 0 Å². The lowest BCUT2D eigenvalue weighted by atomic mass is 10.1. The molecule has 0 saturated carbocycles. The monoisotopic (exact) mass is 220 g/mol. The highest BCUT2D eigenvalue weighted by molar-refractivity contribution is 6.81. The Morgan fingerprint density at radius 2 is 1.86 bits per heavy atom. The number of rotatable bonds is 3. The van der Waals surface area contributed by atoms with E-state index in [2.05, 4.69) is 51.0 Å². The molecule has 1 aliphatic carbocycles. The Balaban J connectivity index is 2.93. The molecular formula is C12H20Si2. The molecule has 1 rings (SSSR count). The van der Waals surface area contributed by atoms with Gasteiger partial charge in [0.05, 0.1) is 0 Å². The predicted octanol–water partition coefficient (Wildman–Crippen LogP) is 3.85. The first-order chi connectivity index (χ1) is 6.53. The summed E-state index contributed by atoms with van der Waals surface area (Å²) >= 11 is 0. The Morgan fingerprint density at radius 1 is 1.29 bits per heavy atom. The highest BCUT2D eigenvalue weighted by atomic mass is 28.3. The van der Waals surface area contributed by atoms with E-state index in [1.165, 1.54) is 12.0 Å². The van der Waals surface area contributed by atoms with Gasteiger partial charge in [-0.25, -0.2) is 0 Å². The molecule has 0 amide bonds. The SMILES string of the molecule is C=CC1=CCC([Si](C)C)([Si](C)C)C=C1. The molecule has 14 heavy (non-hydrogen) atoms. The van der Waals surface area contributed by atoms with Crippen molar-refractivity contribution in [2.45, 2.75) is 37.3 Å². The Labute approximate surface area is 91.6 Å². The molecule has 0 nitrogen and oxygen atoms in total. The first-order valence-corrected chi connectivity index (χ1v) is 10.2. The van der Waals surface area contributed by atoms with Gasteiger partial charge in [0.1, 0.15) is 0 Å². The molecule has 76 valence electrons. The van der Waals surface area contributed by atoms with Crippen molar-refractivity contribution in [3.63, 3.8) is 0 Å². The van der Waals surface area contributed by atoms with Gasteiger partial charge >= 0.3 is 0 Å². The van der Waals surface area contributed by atoms with Gasteiger partial charge in [-0.2, -0.15) is 0 Å². The van der Waals surface area contributed by atoms with Gasteiger partial charge in [0, 0.05) is 17.6 Å². The van der Waals surface area contributed by atoms with Crippen molar-refractivity contribution >= 4 is 17.6 Å². The van der Waals surface area contributed by atoms with Gasteiger partial charge in [0.2, 0.25) is 0 Å². The zero-order chi connectivity index (χ0) is 10.8. The zero-order valence-corrected chi connectivity index (χ0v) is 11.7. The molecule has 0 fully saturated rings. The van der Waals surface area contributed by atoms with Gasteiger partial charge in [-0.3, -0.25) is 0 Å². The van der Waals surface area contributed by atoms with E-state index in [1.54, 1.807) is 0 Å². The van der Waals surface area contributed by atoms with E-state index >= 15 is 0 Å². The average molecular weight is 220 g/mol. The first-order valence-electron chi connectivity index (χ1n) is 5.16. The average Bonchev–Trinajstić information content (AvgIpc) is 2.17. The second-order valence-electron chi connectivity index (χ2n) is 4.42. The number of allylic oxidation sites excluding steroid dienone is 5. The Morgan fingerprint density at radius 3 is 2.14 bits per heavy atom. The Kier molecular flexibility index (Phi) is 3.73. The molecule has 2 radical (unpaired) electrons. The molecule has 0 unspecified atom stereocenters. The van der Waals surface area contributed by atoms with Crippen LogP contribution in [0.15, 0.2) is 36.5 Å². The van der Waals surface area contributed by atoms with Gasteiger partial charge in [0.25, 0.3) is 0 Å². The molecule has 0 saturated heterocycles. The summed E-state index contributed by atoms with van der Waals surface area (Å²) in [7, 11) is -0.491. The minimum atomic E-state index is -0.246. The molecule has 0 bridgehead atoms. The van der Waals surface area contributed by atoms with Crippen molar-refractivity contribution < 1.29 is 0 Å². The predicted molar refractivity (Wildman–Crippen MR) is 69.7 cm³/mol. The highest BCUT2D eigenvalue weighted by Gasteiger charge is 2.36. The molecule has 0 spiro atoms. The number of hydrogen-bond donors (Lipinski definition) is 0. The lowest BCUT2D eigenvalue weighted by Gasteiger charge is -2.38. The minimum Gasteiger partial charge on any atom is -0.0985 e. The summed E-state index contributed by atoms with van der Waals surface area (Å²) in [4.78, 5) is 0. The topological polar surface area (TPSA) is 0 Å². The van der Waals surface area contributed by atoms with Crippen molar-refractivity contribution in [2.75, 3.05) is 0 Å². The van der Waals surface area contributed by atoms with Crippen molar-refractivity contribution in [3.05, 3.63) is 36.5 Å². The second kappa shape index (κ2) is 4.45. The maximum atomic E-state index is 3.82. The van der Waals surface area contributed by atoms with E-state index in [-0.39, 0.29) is 17.6 Å². The van der Waals surface area contributed by atoms with Crippen LogP contribution in [0.1, 0.15) is 6.42 Å². The fraction of sp³-hybridized carbons (Fsp3) is 0.500. The molecular weight excluding hydrogens is 200 g/mol. The molecule has 0 aromatic heterocycles. The standard InChI is InChI=1S/C12H20Si2/c1-6-11-7-9-12(10-8-11,13(2)3)14(4)5/h6-9H,1,10H2,2-5H3. The van der Waals surface area contributed by atoms with Crippen molar-refractivity contribution in [1.29, 1.82) is 0 Å². The summed E-state index contributed by atoms with van der Waals surface area (Å²) in [5.41, 5.74) is 1.30. The van der Waals surface area contributed by atoms with E-state index in [0.717, 1.165) is 0 Å². The van der Waals surface area contributed by atoms with Gasteiger partial charge < -0.3 is 0 Å². The van der Waals surface area contributed by atoms with Crippen LogP contribution < -0.4 is 0 Å². The molecule has 0 aromatic carbocycles. The minimum absolute atomic E-state index is 0.246. The Bertz CT molecular complexity index is 264. The summed E-state index contributed by atoms with van der Waals surface area (Å²) in [6, 6.07) is 0. The van der Waals surface area contributed by atoms with E-state index in [9.17, 15) is 0 Å². The van der Waals surface area contributed by atoms with Crippen LogP contribution in [0.2, 0.25) is 30.8 Å². The second-order valence-corrected chi connectivity index (χ2v) is 10.7. The maximum absolute atomic E-state index is 3.82. The van der Waals surface area contributed by atoms with E-state index < -0.39 is 0 Å². The molecule has 2 heteroatoms. The summed E-state index contributed by atoms with van der Waals surface area (Å²) in [6.45, 7) is 13.6.